The third-order valence-corrected chi connectivity index (χ3v) is 5.17. The van der Waals surface area contributed by atoms with Crippen molar-refractivity contribution in [3.8, 4) is 17.0 Å². The van der Waals surface area contributed by atoms with Crippen molar-refractivity contribution in [3.63, 3.8) is 0 Å². The number of aromatic hydroxyl groups is 1. The summed E-state index contributed by atoms with van der Waals surface area (Å²) in [6.07, 6.45) is 4.15. The molecule has 0 unspecified atom stereocenters. The van der Waals surface area contributed by atoms with Gasteiger partial charge in [-0.2, -0.15) is 0 Å². The van der Waals surface area contributed by atoms with Crippen LogP contribution in [0, 0.1) is 6.92 Å². The first-order valence-electron chi connectivity index (χ1n) is 8.42. The lowest BCUT2D eigenvalue weighted by Crippen LogP contribution is -2.33. The standard InChI is InChI=1S/C18H20ClN5O/c1-11-16(14-6-5-12(19)8-15(14)25)21-22-18-17(11)20-10-24(18)13-4-3-7-23(2)9-13/h5-6,8,10,13,25H,3-4,7,9H2,1-2H3/t13-/m1/s1. The molecule has 7 heteroatoms. The maximum atomic E-state index is 10.2. The smallest absolute Gasteiger partial charge is 0.183 e. The molecule has 0 spiro atoms. The van der Waals surface area contributed by atoms with Crippen LogP contribution in [0.5, 0.6) is 5.75 Å². The van der Waals surface area contributed by atoms with Gasteiger partial charge in [0.15, 0.2) is 5.65 Å². The van der Waals surface area contributed by atoms with Gasteiger partial charge in [0.05, 0.1) is 6.33 Å². The van der Waals surface area contributed by atoms with E-state index in [4.69, 9.17) is 11.6 Å². The highest BCUT2D eigenvalue weighted by molar-refractivity contribution is 6.30. The predicted molar refractivity (Wildman–Crippen MR) is 97.9 cm³/mol. The van der Waals surface area contributed by atoms with Crippen molar-refractivity contribution in [2.45, 2.75) is 25.8 Å². The molecular weight excluding hydrogens is 338 g/mol. The van der Waals surface area contributed by atoms with Gasteiger partial charge in [-0.1, -0.05) is 11.6 Å². The summed E-state index contributed by atoms with van der Waals surface area (Å²) in [4.78, 5) is 6.92. The molecule has 1 saturated heterocycles. The van der Waals surface area contributed by atoms with E-state index in [1.54, 1.807) is 12.1 Å². The minimum absolute atomic E-state index is 0.0950. The van der Waals surface area contributed by atoms with Gasteiger partial charge in [-0.05, 0) is 51.6 Å². The van der Waals surface area contributed by atoms with Crippen molar-refractivity contribution in [1.29, 1.82) is 0 Å². The topological polar surface area (TPSA) is 67.1 Å². The molecule has 1 aliphatic heterocycles. The Morgan fingerprint density at radius 2 is 2.12 bits per heavy atom. The summed E-state index contributed by atoms with van der Waals surface area (Å²) in [5.74, 6) is 0.0950. The van der Waals surface area contributed by atoms with Gasteiger partial charge in [0.1, 0.15) is 17.0 Å². The second-order valence-corrected chi connectivity index (χ2v) is 7.15. The number of halogens is 1. The van der Waals surface area contributed by atoms with Crippen LogP contribution in [0.4, 0.5) is 0 Å². The van der Waals surface area contributed by atoms with E-state index in [2.05, 4.69) is 31.7 Å². The molecule has 1 aliphatic rings. The van der Waals surface area contributed by atoms with Crippen LogP contribution in [-0.2, 0) is 0 Å². The van der Waals surface area contributed by atoms with Crippen LogP contribution >= 0.6 is 11.6 Å². The third kappa shape index (κ3) is 2.85. The number of aryl methyl sites for hydroxylation is 1. The number of hydrogen-bond acceptors (Lipinski definition) is 5. The molecule has 25 heavy (non-hydrogen) atoms. The number of hydrogen-bond donors (Lipinski definition) is 1. The predicted octanol–water partition coefficient (Wildman–Crippen LogP) is 3.43. The Kier molecular flexibility index (Phi) is 4.09. The van der Waals surface area contributed by atoms with Gasteiger partial charge < -0.3 is 14.6 Å². The lowest BCUT2D eigenvalue weighted by atomic mass is 10.1. The average molecular weight is 358 g/mol. The van der Waals surface area contributed by atoms with Gasteiger partial charge in [-0.15, -0.1) is 10.2 Å². The Labute approximate surface area is 151 Å². The summed E-state index contributed by atoms with van der Waals surface area (Å²) in [5, 5.41) is 19.5. The van der Waals surface area contributed by atoms with Gasteiger partial charge in [-0.25, -0.2) is 4.98 Å². The maximum Gasteiger partial charge on any atom is 0.183 e. The molecule has 1 aromatic carbocycles. The van der Waals surface area contributed by atoms with Crippen molar-refractivity contribution >= 4 is 22.8 Å². The van der Waals surface area contributed by atoms with E-state index in [0.717, 1.165) is 36.2 Å². The summed E-state index contributed by atoms with van der Waals surface area (Å²) in [7, 11) is 2.14. The van der Waals surface area contributed by atoms with E-state index >= 15 is 0 Å². The Morgan fingerprint density at radius 1 is 1.28 bits per heavy atom. The molecule has 2 aromatic heterocycles. The highest BCUT2D eigenvalue weighted by Crippen LogP contribution is 2.34. The highest BCUT2D eigenvalue weighted by Gasteiger charge is 2.23. The van der Waals surface area contributed by atoms with E-state index in [1.807, 2.05) is 13.3 Å². The molecule has 3 heterocycles. The first-order chi connectivity index (χ1) is 12.0. The van der Waals surface area contributed by atoms with E-state index in [1.165, 1.54) is 12.5 Å². The van der Waals surface area contributed by atoms with Crippen molar-refractivity contribution in [2.75, 3.05) is 20.1 Å². The number of aromatic nitrogens is 4. The quantitative estimate of drug-likeness (QED) is 0.761. The van der Waals surface area contributed by atoms with Crippen LogP contribution < -0.4 is 0 Å². The molecule has 4 rings (SSSR count). The zero-order chi connectivity index (χ0) is 17.6. The van der Waals surface area contributed by atoms with Crippen LogP contribution in [-0.4, -0.2) is 49.9 Å². The summed E-state index contributed by atoms with van der Waals surface area (Å²) >= 11 is 5.92. The molecule has 1 N–H and O–H groups in total. The molecule has 130 valence electrons. The van der Waals surface area contributed by atoms with E-state index in [0.29, 0.717) is 22.3 Å². The number of rotatable bonds is 2. The molecule has 0 amide bonds. The zero-order valence-electron chi connectivity index (χ0n) is 14.3. The molecule has 0 saturated carbocycles. The first kappa shape index (κ1) is 16.3. The number of imidazole rings is 1. The number of fused-ring (bicyclic) bond motifs is 1. The van der Waals surface area contributed by atoms with Crippen LogP contribution in [0.15, 0.2) is 24.5 Å². The Hall–Kier alpha value is -2.18. The lowest BCUT2D eigenvalue weighted by Gasteiger charge is -2.30. The fourth-order valence-electron chi connectivity index (χ4n) is 3.60. The SMILES string of the molecule is Cc1c(-c2ccc(Cl)cc2O)nnc2c1ncn2[C@@H]1CCCN(C)C1. The molecule has 0 bridgehead atoms. The number of likely N-dealkylation sites (tertiary alicyclic amines) is 1. The number of nitrogens with zero attached hydrogens (tertiary/aromatic N) is 5. The first-order valence-corrected chi connectivity index (χ1v) is 8.79. The Balaban J connectivity index is 1.79. The van der Waals surface area contributed by atoms with E-state index < -0.39 is 0 Å². The summed E-state index contributed by atoms with van der Waals surface area (Å²) in [6.45, 7) is 4.09. The van der Waals surface area contributed by atoms with Gasteiger partial charge in [-0.3, -0.25) is 0 Å². The molecule has 3 aromatic rings. The van der Waals surface area contributed by atoms with Crippen molar-refractivity contribution in [1.82, 2.24) is 24.6 Å². The molecule has 0 radical (unpaired) electrons. The second kappa shape index (κ2) is 6.28. The van der Waals surface area contributed by atoms with Crippen LogP contribution in [0.1, 0.15) is 24.4 Å². The number of phenols is 1. The highest BCUT2D eigenvalue weighted by atomic mass is 35.5. The minimum atomic E-state index is 0.0950. The van der Waals surface area contributed by atoms with Gasteiger partial charge in [0, 0.05) is 28.7 Å². The second-order valence-electron chi connectivity index (χ2n) is 6.72. The van der Waals surface area contributed by atoms with Gasteiger partial charge in [0.25, 0.3) is 0 Å². The van der Waals surface area contributed by atoms with E-state index in [9.17, 15) is 5.11 Å². The fraction of sp³-hybridized carbons (Fsp3) is 0.389. The van der Waals surface area contributed by atoms with Crippen LogP contribution in [0.25, 0.3) is 22.4 Å². The van der Waals surface area contributed by atoms with Crippen molar-refractivity contribution < 1.29 is 5.11 Å². The molecule has 6 nitrogen and oxygen atoms in total. The average Bonchev–Trinajstić information content (AvgIpc) is 3.01. The number of benzene rings is 1. The summed E-state index contributed by atoms with van der Waals surface area (Å²) in [6, 6.07) is 5.37. The van der Waals surface area contributed by atoms with Crippen molar-refractivity contribution in [2.24, 2.45) is 0 Å². The normalized spacial score (nSPS) is 18.8. The van der Waals surface area contributed by atoms with Gasteiger partial charge >= 0.3 is 0 Å². The molecular formula is C18H20ClN5O. The molecule has 1 fully saturated rings. The third-order valence-electron chi connectivity index (χ3n) is 4.93. The summed E-state index contributed by atoms with van der Waals surface area (Å²) < 4.78 is 2.14. The maximum absolute atomic E-state index is 10.2. The Bertz CT molecular complexity index is 939. The monoisotopic (exact) mass is 357 g/mol. The van der Waals surface area contributed by atoms with Gasteiger partial charge in [0.2, 0.25) is 0 Å². The Morgan fingerprint density at radius 3 is 2.88 bits per heavy atom. The zero-order valence-corrected chi connectivity index (χ0v) is 15.0. The number of phenolic OH excluding ortho intramolecular Hbond substituents is 1. The number of likely N-dealkylation sites (N-methyl/N-ethyl adjacent to an activating group) is 1. The lowest BCUT2D eigenvalue weighted by molar-refractivity contribution is 0.214. The minimum Gasteiger partial charge on any atom is -0.507 e. The van der Waals surface area contributed by atoms with Crippen molar-refractivity contribution in [3.05, 3.63) is 35.1 Å². The van der Waals surface area contributed by atoms with Crippen LogP contribution in [0.3, 0.4) is 0 Å². The fourth-order valence-corrected chi connectivity index (χ4v) is 3.76. The largest absolute Gasteiger partial charge is 0.507 e. The van der Waals surface area contributed by atoms with Crippen LogP contribution in [0.2, 0.25) is 5.02 Å². The molecule has 0 aliphatic carbocycles. The number of piperidine rings is 1. The summed E-state index contributed by atoms with van der Waals surface area (Å²) in [5.41, 5.74) is 3.78. The van der Waals surface area contributed by atoms with E-state index in [-0.39, 0.29) is 5.75 Å². The molecule has 1 atom stereocenters.